The molecule has 0 saturated carbocycles. The maximum atomic E-state index is 11.4. The normalized spacial score (nSPS) is 9.90. The number of hydrogen-bond donors (Lipinski definition) is 2. The van der Waals surface area contributed by atoms with Crippen LogP contribution in [0.25, 0.3) is 0 Å². The number of amides is 1. The van der Waals surface area contributed by atoms with Crippen LogP contribution in [0, 0.1) is 10.1 Å². The summed E-state index contributed by atoms with van der Waals surface area (Å²) in [6, 6.07) is 3.52. The molecular weight excluding hydrogens is 266 g/mol. The molecule has 0 aliphatic heterocycles. The van der Waals surface area contributed by atoms with Gasteiger partial charge in [0.1, 0.15) is 0 Å². The van der Waals surface area contributed by atoms with Crippen molar-refractivity contribution >= 4 is 23.3 Å². The third-order valence-electron chi connectivity index (χ3n) is 2.60. The number of carboxylic acids is 1. The number of rotatable bonds is 6. The van der Waals surface area contributed by atoms with Crippen molar-refractivity contribution < 1.29 is 19.6 Å². The summed E-state index contributed by atoms with van der Waals surface area (Å²) >= 11 is 0. The number of aromatic carboxylic acids is 1. The van der Waals surface area contributed by atoms with E-state index in [4.69, 9.17) is 5.11 Å². The number of nitrogens with zero attached hydrogens (tertiary/aromatic N) is 2. The lowest BCUT2D eigenvalue weighted by Gasteiger charge is -2.12. The summed E-state index contributed by atoms with van der Waals surface area (Å²) in [4.78, 5) is 33.8. The van der Waals surface area contributed by atoms with Crippen LogP contribution in [0.3, 0.4) is 0 Å². The van der Waals surface area contributed by atoms with Gasteiger partial charge in [0, 0.05) is 44.9 Å². The molecule has 1 rings (SSSR count). The van der Waals surface area contributed by atoms with Gasteiger partial charge in [-0.1, -0.05) is 0 Å². The number of carbonyl (C=O) groups is 2. The Balaban J connectivity index is 2.82. The van der Waals surface area contributed by atoms with Crippen molar-refractivity contribution in [1.29, 1.82) is 0 Å². The standard InChI is InChI=1S/C12H15N3O5/c1-14(2)11(16)5-6-13-10-4-3-8(15(19)20)7-9(10)12(17)18/h3-4,7,13H,5-6H2,1-2H3,(H,17,18). The number of nitro groups is 1. The van der Waals surface area contributed by atoms with Crippen molar-refractivity contribution in [2.24, 2.45) is 0 Å². The first-order valence-electron chi connectivity index (χ1n) is 5.78. The molecule has 20 heavy (non-hydrogen) atoms. The van der Waals surface area contributed by atoms with Gasteiger partial charge in [0.2, 0.25) is 5.91 Å². The Morgan fingerprint density at radius 1 is 1.40 bits per heavy atom. The first-order valence-corrected chi connectivity index (χ1v) is 5.78. The van der Waals surface area contributed by atoms with Gasteiger partial charge in [-0.3, -0.25) is 14.9 Å². The summed E-state index contributed by atoms with van der Waals surface area (Å²) in [5.41, 5.74) is -0.247. The molecule has 0 bridgehead atoms. The van der Waals surface area contributed by atoms with E-state index in [1.54, 1.807) is 14.1 Å². The van der Waals surface area contributed by atoms with Crippen LogP contribution in [-0.4, -0.2) is 47.4 Å². The van der Waals surface area contributed by atoms with Crippen LogP contribution in [0.1, 0.15) is 16.8 Å². The summed E-state index contributed by atoms with van der Waals surface area (Å²) in [7, 11) is 3.24. The van der Waals surface area contributed by atoms with Crippen LogP contribution >= 0.6 is 0 Å². The summed E-state index contributed by atoms with van der Waals surface area (Å²) in [6.45, 7) is 0.245. The van der Waals surface area contributed by atoms with Crippen LogP contribution in [0.15, 0.2) is 18.2 Å². The Labute approximate surface area is 115 Å². The van der Waals surface area contributed by atoms with Gasteiger partial charge in [-0.25, -0.2) is 4.79 Å². The van der Waals surface area contributed by atoms with Crippen LogP contribution in [0.4, 0.5) is 11.4 Å². The molecule has 1 amide bonds. The number of nitro benzene ring substituents is 1. The van der Waals surface area contributed by atoms with E-state index in [0.717, 1.165) is 6.07 Å². The van der Waals surface area contributed by atoms with Crippen molar-refractivity contribution in [1.82, 2.24) is 4.90 Å². The average Bonchev–Trinajstić information content (AvgIpc) is 2.38. The van der Waals surface area contributed by atoms with Gasteiger partial charge in [-0.2, -0.15) is 0 Å². The zero-order valence-electron chi connectivity index (χ0n) is 11.1. The van der Waals surface area contributed by atoms with E-state index in [9.17, 15) is 19.7 Å². The van der Waals surface area contributed by atoms with E-state index in [1.807, 2.05) is 0 Å². The number of non-ortho nitro benzene ring substituents is 1. The zero-order chi connectivity index (χ0) is 15.3. The molecule has 0 saturated heterocycles. The summed E-state index contributed by atoms with van der Waals surface area (Å²) in [5.74, 6) is -1.37. The minimum Gasteiger partial charge on any atom is -0.478 e. The molecule has 0 fully saturated rings. The van der Waals surface area contributed by atoms with Crippen molar-refractivity contribution in [3.63, 3.8) is 0 Å². The highest BCUT2D eigenvalue weighted by Crippen LogP contribution is 2.22. The fourth-order valence-corrected chi connectivity index (χ4v) is 1.50. The molecule has 0 radical (unpaired) electrons. The Hall–Kier alpha value is -2.64. The van der Waals surface area contributed by atoms with Gasteiger partial charge in [-0.15, -0.1) is 0 Å². The highest BCUT2D eigenvalue weighted by Gasteiger charge is 2.16. The van der Waals surface area contributed by atoms with E-state index < -0.39 is 10.9 Å². The SMILES string of the molecule is CN(C)C(=O)CCNc1ccc([N+](=O)[O-])cc1C(=O)O. The number of hydrogen-bond acceptors (Lipinski definition) is 5. The maximum absolute atomic E-state index is 11.4. The first kappa shape index (κ1) is 15.4. The molecule has 0 aliphatic rings. The second-order valence-electron chi connectivity index (χ2n) is 4.26. The monoisotopic (exact) mass is 281 g/mol. The third-order valence-corrected chi connectivity index (χ3v) is 2.60. The Kier molecular flexibility index (Phi) is 5.01. The van der Waals surface area contributed by atoms with Gasteiger partial charge in [0.05, 0.1) is 10.5 Å². The molecule has 0 spiro atoms. The highest BCUT2D eigenvalue weighted by atomic mass is 16.6. The van der Waals surface area contributed by atoms with Crippen LogP contribution < -0.4 is 5.32 Å². The lowest BCUT2D eigenvalue weighted by atomic mass is 10.1. The van der Waals surface area contributed by atoms with Crippen molar-refractivity contribution in [2.75, 3.05) is 26.0 Å². The molecule has 2 N–H and O–H groups in total. The van der Waals surface area contributed by atoms with Gasteiger partial charge in [0.15, 0.2) is 0 Å². The maximum Gasteiger partial charge on any atom is 0.338 e. The second kappa shape index (κ2) is 6.50. The predicted octanol–water partition coefficient (Wildman–Crippen LogP) is 1.18. The van der Waals surface area contributed by atoms with Crippen molar-refractivity contribution in [2.45, 2.75) is 6.42 Å². The minimum atomic E-state index is -1.27. The topological polar surface area (TPSA) is 113 Å². The van der Waals surface area contributed by atoms with Crippen LogP contribution in [-0.2, 0) is 4.79 Å². The molecule has 1 aromatic rings. The third kappa shape index (κ3) is 3.94. The lowest BCUT2D eigenvalue weighted by Crippen LogP contribution is -2.24. The Bertz CT molecular complexity index is 542. The van der Waals surface area contributed by atoms with E-state index in [-0.39, 0.29) is 35.8 Å². The van der Waals surface area contributed by atoms with Crippen molar-refractivity contribution in [3.8, 4) is 0 Å². The van der Waals surface area contributed by atoms with Gasteiger partial charge < -0.3 is 15.3 Å². The van der Waals surface area contributed by atoms with Gasteiger partial charge >= 0.3 is 5.97 Å². The Morgan fingerprint density at radius 3 is 2.55 bits per heavy atom. The molecule has 1 aromatic carbocycles. The molecule has 8 nitrogen and oxygen atoms in total. The molecule has 0 unspecified atom stereocenters. The number of carboxylic acid groups (broad SMARTS) is 1. The fraction of sp³-hybridized carbons (Fsp3) is 0.333. The smallest absolute Gasteiger partial charge is 0.338 e. The minimum absolute atomic E-state index is 0.101. The van der Waals surface area contributed by atoms with E-state index in [2.05, 4.69) is 5.32 Å². The number of nitrogens with one attached hydrogen (secondary N) is 1. The first-order chi connectivity index (χ1) is 9.32. The highest BCUT2D eigenvalue weighted by molar-refractivity contribution is 5.95. The molecule has 0 aliphatic carbocycles. The summed E-state index contributed by atoms with van der Waals surface area (Å²) < 4.78 is 0. The van der Waals surface area contributed by atoms with E-state index in [1.165, 1.54) is 17.0 Å². The average molecular weight is 281 g/mol. The molecule has 0 heterocycles. The fourth-order valence-electron chi connectivity index (χ4n) is 1.50. The number of benzene rings is 1. The van der Waals surface area contributed by atoms with E-state index in [0.29, 0.717) is 0 Å². The van der Waals surface area contributed by atoms with E-state index >= 15 is 0 Å². The van der Waals surface area contributed by atoms with Gasteiger partial charge in [-0.05, 0) is 6.07 Å². The van der Waals surface area contributed by atoms with Crippen LogP contribution in [0.5, 0.6) is 0 Å². The predicted molar refractivity (Wildman–Crippen MR) is 71.9 cm³/mol. The molecule has 108 valence electrons. The molecule has 0 atom stereocenters. The zero-order valence-corrected chi connectivity index (χ0v) is 11.1. The number of carbonyl (C=O) groups excluding carboxylic acids is 1. The largest absolute Gasteiger partial charge is 0.478 e. The summed E-state index contributed by atoms with van der Waals surface area (Å²) in [6.07, 6.45) is 0.197. The quantitative estimate of drug-likeness (QED) is 0.598. The second-order valence-corrected chi connectivity index (χ2v) is 4.26. The number of anilines is 1. The van der Waals surface area contributed by atoms with Gasteiger partial charge in [0.25, 0.3) is 5.69 Å². The molecule has 0 aromatic heterocycles. The summed E-state index contributed by atoms with van der Waals surface area (Å²) in [5, 5.41) is 22.4. The van der Waals surface area contributed by atoms with Crippen LogP contribution in [0.2, 0.25) is 0 Å². The molecular formula is C12H15N3O5. The molecule has 8 heteroatoms. The van der Waals surface area contributed by atoms with Crippen molar-refractivity contribution in [3.05, 3.63) is 33.9 Å². The Morgan fingerprint density at radius 2 is 2.05 bits per heavy atom. The lowest BCUT2D eigenvalue weighted by molar-refractivity contribution is -0.384.